The molecule has 3 nitrogen and oxygen atoms in total. The summed E-state index contributed by atoms with van der Waals surface area (Å²) < 4.78 is 13.6. The predicted molar refractivity (Wildman–Crippen MR) is 73.4 cm³/mol. The van der Waals surface area contributed by atoms with E-state index in [4.69, 9.17) is 0 Å². The molecule has 0 aromatic heterocycles. The Morgan fingerprint density at radius 2 is 2.21 bits per heavy atom. The van der Waals surface area contributed by atoms with Gasteiger partial charge < -0.3 is 10.6 Å². The average Bonchev–Trinajstić information content (AvgIpc) is 2.58. The van der Waals surface area contributed by atoms with Gasteiger partial charge in [-0.05, 0) is 44.2 Å². The third kappa shape index (κ3) is 4.03. The van der Waals surface area contributed by atoms with E-state index in [0.29, 0.717) is 12.0 Å². The zero-order valence-corrected chi connectivity index (χ0v) is 11.3. The maximum atomic E-state index is 13.6. The van der Waals surface area contributed by atoms with Crippen LogP contribution in [0.3, 0.4) is 0 Å². The molecule has 1 aromatic carbocycles. The summed E-state index contributed by atoms with van der Waals surface area (Å²) in [5.41, 5.74) is 0.691. The van der Waals surface area contributed by atoms with E-state index in [1.54, 1.807) is 12.1 Å². The predicted octanol–water partition coefficient (Wildman–Crippen LogP) is 2.02. The van der Waals surface area contributed by atoms with Gasteiger partial charge in [0.15, 0.2) is 0 Å². The summed E-state index contributed by atoms with van der Waals surface area (Å²) >= 11 is 0. The number of nitrogens with one attached hydrogen (secondary N) is 2. The fourth-order valence-corrected chi connectivity index (χ4v) is 2.49. The van der Waals surface area contributed by atoms with Gasteiger partial charge in [-0.3, -0.25) is 4.79 Å². The molecule has 2 atom stereocenters. The lowest BCUT2D eigenvalue weighted by Crippen LogP contribution is -2.47. The highest BCUT2D eigenvalue weighted by Crippen LogP contribution is 2.11. The van der Waals surface area contributed by atoms with Gasteiger partial charge in [-0.25, -0.2) is 4.39 Å². The standard InChI is InChI=1S/C15H21FN2O/c1-11(10-12-6-2-3-7-13(12)16)18-14-8-4-5-9-17-15(14)19/h2-3,6-7,11,14,18H,4-5,8-10H2,1H3,(H,17,19). The van der Waals surface area contributed by atoms with Crippen LogP contribution in [0.5, 0.6) is 0 Å². The number of halogens is 1. The normalized spacial score (nSPS) is 21.6. The number of carbonyl (C=O) groups is 1. The summed E-state index contributed by atoms with van der Waals surface area (Å²) in [5.74, 6) is -0.112. The molecule has 4 heteroatoms. The van der Waals surface area contributed by atoms with E-state index < -0.39 is 0 Å². The number of hydrogen-bond acceptors (Lipinski definition) is 2. The highest BCUT2D eigenvalue weighted by molar-refractivity contribution is 5.81. The number of carbonyl (C=O) groups excluding carboxylic acids is 1. The van der Waals surface area contributed by atoms with Crippen molar-refractivity contribution in [2.24, 2.45) is 0 Å². The maximum Gasteiger partial charge on any atom is 0.237 e. The summed E-state index contributed by atoms with van der Waals surface area (Å²) in [4.78, 5) is 11.8. The third-order valence-corrected chi connectivity index (χ3v) is 3.50. The molecule has 2 unspecified atom stereocenters. The van der Waals surface area contributed by atoms with Crippen LogP contribution in [0, 0.1) is 5.82 Å². The van der Waals surface area contributed by atoms with Gasteiger partial charge in [0.2, 0.25) is 5.91 Å². The molecule has 0 bridgehead atoms. The van der Waals surface area contributed by atoms with Crippen LogP contribution in [0.25, 0.3) is 0 Å². The summed E-state index contributed by atoms with van der Waals surface area (Å²) in [7, 11) is 0. The first kappa shape index (κ1) is 14.0. The van der Waals surface area contributed by atoms with Crippen LogP contribution in [-0.2, 0) is 11.2 Å². The molecule has 1 amide bonds. The average molecular weight is 264 g/mol. The molecule has 1 aromatic rings. The summed E-state index contributed by atoms with van der Waals surface area (Å²) in [6.45, 7) is 2.75. The smallest absolute Gasteiger partial charge is 0.237 e. The molecule has 0 spiro atoms. The van der Waals surface area contributed by atoms with Crippen molar-refractivity contribution in [1.29, 1.82) is 0 Å². The van der Waals surface area contributed by atoms with E-state index in [9.17, 15) is 9.18 Å². The van der Waals surface area contributed by atoms with Gasteiger partial charge in [-0.1, -0.05) is 18.2 Å². The van der Waals surface area contributed by atoms with E-state index in [1.807, 2.05) is 13.0 Å². The van der Waals surface area contributed by atoms with Gasteiger partial charge in [-0.15, -0.1) is 0 Å². The molecule has 0 aliphatic carbocycles. The fraction of sp³-hybridized carbons (Fsp3) is 0.533. The molecule has 104 valence electrons. The van der Waals surface area contributed by atoms with E-state index in [0.717, 1.165) is 25.8 Å². The Bertz CT molecular complexity index is 436. The van der Waals surface area contributed by atoms with Crippen LogP contribution in [-0.4, -0.2) is 24.5 Å². The SMILES string of the molecule is CC(Cc1ccccc1F)NC1CCCCNC1=O. The van der Waals surface area contributed by atoms with Crippen LogP contribution >= 0.6 is 0 Å². The Kier molecular flexibility index (Phi) is 4.91. The number of rotatable bonds is 4. The molecule has 1 aliphatic heterocycles. The molecule has 2 rings (SSSR count). The zero-order valence-electron chi connectivity index (χ0n) is 11.3. The minimum absolute atomic E-state index is 0.0675. The Hall–Kier alpha value is -1.42. The molecule has 0 radical (unpaired) electrons. The van der Waals surface area contributed by atoms with Crippen molar-refractivity contribution in [1.82, 2.24) is 10.6 Å². The van der Waals surface area contributed by atoms with Crippen molar-refractivity contribution in [2.75, 3.05) is 6.54 Å². The molecule has 1 aliphatic rings. The largest absolute Gasteiger partial charge is 0.355 e. The van der Waals surface area contributed by atoms with Crippen molar-refractivity contribution in [3.8, 4) is 0 Å². The molecule has 1 saturated heterocycles. The maximum absolute atomic E-state index is 13.6. The first-order valence-electron chi connectivity index (χ1n) is 6.94. The van der Waals surface area contributed by atoms with Crippen LogP contribution < -0.4 is 10.6 Å². The molecular weight excluding hydrogens is 243 g/mol. The van der Waals surface area contributed by atoms with Gasteiger partial charge in [0, 0.05) is 12.6 Å². The quantitative estimate of drug-likeness (QED) is 0.873. The Morgan fingerprint density at radius 1 is 1.42 bits per heavy atom. The Morgan fingerprint density at radius 3 is 3.00 bits per heavy atom. The fourth-order valence-electron chi connectivity index (χ4n) is 2.49. The van der Waals surface area contributed by atoms with Gasteiger partial charge >= 0.3 is 0 Å². The van der Waals surface area contributed by atoms with Crippen LogP contribution in [0.4, 0.5) is 4.39 Å². The lowest BCUT2D eigenvalue weighted by atomic mass is 10.0. The summed E-state index contributed by atoms with van der Waals surface area (Å²) in [6, 6.07) is 6.72. The van der Waals surface area contributed by atoms with E-state index in [1.165, 1.54) is 6.07 Å². The second kappa shape index (κ2) is 6.66. The van der Waals surface area contributed by atoms with Crippen molar-refractivity contribution < 1.29 is 9.18 Å². The van der Waals surface area contributed by atoms with E-state index in [2.05, 4.69) is 10.6 Å². The zero-order chi connectivity index (χ0) is 13.7. The van der Waals surface area contributed by atoms with Gasteiger partial charge in [-0.2, -0.15) is 0 Å². The molecular formula is C15H21FN2O. The topological polar surface area (TPSA) is 41.1 Å². The lowest BCUT2D eigenvalue weighted by Gasteiger charge is -2.21. The first-order chi connectivity index (χ1) is 9.16. The highest BCUT2D eigenvalue weighted by atomic mass is 19.1. The number of benzene rings is 1. The lowest BCUT2D eigenvalue weighted by molar-refractivity contribution is -0.123. The molecule has 1 heterocycles. The van der Waals surface area contributed by atoms with Gasteiger partial charge in [0.25, 0.3) is 0 Å². The van der Waals surface area contributed by atoms with Crippen molar-refractivity contribution in [3.05, 3.63) is 35.6 Å². The third-order valence-electron chi connectivity index (χ3n) is 3.50. The molecule has 0 saturated carbocycles. The van der Waals surface area contributed by atoms with Crippen molar-refractivity contribution >= 4 is 5.91 Å². The molecule has 1 fully saturated rings. The molecule has 19 heavy (non-hydrogen) atoms. The van der Waals surface area contributed by atoms with Crippen molar-refractivity contribution in [3.63, 3.8) is 0 Å². The minimum Gasteiger partial charge on any atom is -0.355 e. The monoisotopic (exact) mass is 264 g/mol. The summed E-state index contributed by atoms with van der Waals surface area (Å²) in [5, 5.41) is 6.21. The second-order valence-electron chi connectivity index (χ2n) is 5.20. The van der Waals surface area contributed by atoms with Crippen molar-refractivity contribution in [2.45, 2.75) is 44.7 Å². The Labute approximate surface area is 113 Å². The van der Waals surface area contributed by atoms with Crippen LogP contribution in [0.15, 0.2) is 24.3 Å². The number of hydrogen-bond donors (Lipinski definition) is 2. The van der Waals surface area contributed by atoms with E-state index in [-0.39, 0.29) is 23.8 Å². The van der Waals surface area contributed by atoms with Gasteiger partial charge in [0.05, 0.1) is 6.04 Å². The van der Waals surface area contributed by atoms with Gasteiger partial charge in [0.1, 0.15) is 5.82 Å². The summed E-state index contributed by atoms with van der Waals surface area (Å²) in [6.07, 6.45) is 3.53. The van der Waals surface area contributed by atoms with Crippen LogP contribution in [0.1, 0.15) is 31.7 Å². The second-order valence-corrected chi connectivity index (χ2v) is 5.20. The minimum atomic E-state index is -0.179. The van der Waals surface area contributed by atoms with Crippen LogP contribution in [0.2, 0.25) is 0 Å². The number of amides is 1. The molecule has 2 N–H and O–H groups in total. The Balaban J connectivity index is 1.91. The van der Waals surface area contributed by atoms with E-state index >= 15 is 0 Å². The first-order valence-corrected chi connectivity index (χ1v) is 6.94. The highest BCUT2D eigenvalue weighted by Gasteiger charge is 2.22.